The first kappa shape index (κ1) is 13.7. The van der Waals surface area contributed by atoms with Crippen molar-refractivity contribution in [3.8, 4) is 6.07 Å². The zero-order valence-corrected chi connectivity index (χ0v) is 10.8. The second kappa shape index (κ2) is 7.81. The Morgan fingerprint density at radius 2 is 2.00 bits per heavy atom. The van der Waals surface area contributed by atoms with Gasteiger partial charge in [0.1, 0.15) is 0 Å². The summed E-state index contributed by atoms with van der Waals surface area (Å²) in [5.74, 6) is 0.645. The van der Waals surface area contributed by atoms with Crippen molar-refractivity contribution in [3.05, 3.63) is 30.1 Å². The highest BCUT2D eigenvalue weighted by Crippen LogP contribution is 2.04. The van der Waals surface area contributed by atoms with E-state index in [0.717, 1.165) is 26.1 Å². The van der Waals surface area contributed by atoms with Crippen LogP contribution in [0.2, 0.25) is 0 Å². The molecular formula is C14H21N3. The summed E-state index contributed by atoms with van der Waals surface area (Å²) >= 11 is 0. The van der Waals surface area contributed by atoms with Crippen molar-refractivity contribution in [2.24, 2.45) is 5.92 Å². The van der Waals surface area contributed by atoms with E-state index in [1.165, 1.54) is 5.56 Å². The molecule has 0 saturated heterocycles. The van der Waals surface area contributed by atoms with E-state index in [2.05, 4.69) is 41.9 Å². The monoisotopic (exact) mass is 231 g/mol. The molecule has 0 N–H and O–H groups in total. The SMILES string of the molecule is CC(C)CN(CCC#N)CCc1ccncc1. The molecule has 1 aromatic rings. The summed E-state index contributed by atoms with van der Waals surface area (Å²) in [6, 6.07) is 6.32. The van der Waals surface area contributed by atoms with Gasteiger partial charge in [0.05, 0.1) is 6.07 Å². The first-order chi connectivity index (χ1) is 8.22. The van der Waals surface area contributed by atoms with Crippen molar-refractivity contribution < 1.29 is 0 Å². The van der Waals surface area contributed by atoms with Crippen LogP contribution in [0.1, 0.15) is 25.8 Å². The van der Waals surface area contributed by atoms with Gasteiger partial charge in [0.2, 0.25) is 0 Å². The molecule has 0 spiro atoms. The first-order valence-corrected chi connectivity index (χ1v) is 6.20. The first-order valence-electron chi connectivity index (χ1n) is 6.20. The molecule has 0 aliphatic heterocycles. The van der Waals surface area contributed by atoms with Gasteiger partial charge in [-0.05, 0) is 30.0 Å². The lowest BCUT2D eigenvalue weighted by Crippen LogP contribution is -2.30. The molecule has 17 heavy (non-hydrogen) atoms. The lowest BCUT2D eigenvalue weighted by atomic mass is 10.1. The summed E-state index contributed by atoms with van der Waals surface area (Å²) in [5.41, 5.74) is 1.31. The van der Waals surface area contributed by atoms with E-state index in [1.807, 2.05) is 12.4 Å². The maximum atomic E-state index is 8.65. The third-order valence-corrected chi connectivity index (χ3v) is 2.63. The third-order valence-electron chi connectivity index (χ3n) is 2.63. The molecule has 92 valence electrons. The molecule has 0 aliphatic rings. The summed E-state index contributed by atoms with van der Waals surface area (Å²) in [7, 11) is 0. The molecule has 3 nitrogen and oxygen atoms in total. The minimum Gasteiger partial charge on any atom is -0.302 e. The molecule has 0 unspecified atom stereocenters. The van der Waals surface area contributed by atoms with Gasteiger partial charge >= 0.3 is 0 Å². The molecule has 0 bridgehead atoms. The van der Waals surface area contributed by atoms with E-state index in [0.29, 0.717) is 12.3 Å². The Balaban J connectivity index is 2.40. The number of rotatable bonds is 7. The van der Waals surface area contributed by atoms with Crippen LogP contribution in [0.5, 0.6) is 0 Å². The van der Waals surface area contributed by atoms with Crippen LogP contribution in [0.15, 0.2) is 24.5 Å². The van der Waals surface area contributed by atoms with Gasteiger partial charge < -0.3 is 4.90 Å². The molecule has 0 atom stereocenters. The molecule has 0 aromatic carbocycles. The van der Waals surface area contributed by atoms with Gasteiger partial charge in [0.25, 0.3) is 0 Å². The van der Waals surface area contributed by atoms with Crippen LogP contribution in [0, 0.1) is 17.2 Å². The summed E-state index contributed by atoms with van der Waals surface area (Å²) in [6.07, 6.45) is 5.30. The summed E-state index contributed by atoms with van der Waals surface area (Å²) < 4.78 is 0. The van der Waals surface area contributed by atoms with E-state index in [-0.39, 0.29) is 0 Å². The molecule has 0 radical (unpaired) electrons. The second-order valence-corrected chi connectivity index (χ2v) is 4.71. The van der Waals surface area contributed by atoms with E-state index in [4.69, 9.17) is 5.26 Å². The van der Waals surface area contributed by atoms with Crippen molar-refractivity contribution in [1.82, 2.24) is 9.88 Å². The van der Waals surface area contributed by atoms with Gasteiger partial charge in [-0.25, -0.2) is 0 Å². The van der Waals surface area contributed by atoms with Crippen LogP contribution in [-0.4, -0.2) is 29.5 Å². The predicted molar refractivity (Wildman–Crippen MR) is 69.4 cm³/mol. The van der Waals surface area contributed by atoms with Crippen molar-refractivity contribution in [2.75, 3.05) is 19.6 Å². The number of hydrogen-bond donors (Lipinski definition) is 0. The lowest BCUT2D eigenvalue weighted by Gasteiger charge is -2.23. The maximum absolute atomic E-state index is 8.65. The van der Waals surface area contributed by atoms with Gasteiger partial charge in [0.15, 0.2) is 0 Å². The van der Waals surface area contributed by atoms with Crippen molar-refractivity contribution in [2.45, 2.75) is 26.7 Å². The van der Waals surface area contributed by atoms with E-state index in [9.17, 15) is 0 Å². The number of nitriles is 1. The highest BCUT2D eigenvalue weighted by atomic mass is 15.1. The van der Waals surface area contributed by atoms with E-state index in [1.54, 1.807) is 0 Å². The number of nitrogens with zero attached hydrogens (tertiary/aromatic N) is 3. The van der Waals surface area contributed by atoms with Gasteiger partial charge in [0, 0.05) is 38.4 Å². The van der Waals surface area contributed by atoms with Crippen molar-refractivity contribution in [1.29, 1.82) is 5.26 Å². The molecular weight excluding hydrogens is 210 g/mol. The number of aromatic nitrogens is 1. The Bertz CT molecular complexity index is 340. The summed E-state index contributed by atoms with van der Waals surface area (Å²) in [6.45, 7) is 7.38. The predicted octanol–water partition coefficient (Wildman–Crippen LogP) is 2.50. The molecule has 1 aromatic heterocycles. The topological polar surface area (TPSA) is 39.9 Å². The fourth-order valence-electron chi connectivity index (χ4n) is 1.86. The van der Waals surface area contributed by atoms with Gasteiger partial charge in [-0.3, -0.25) is 4.98 Å². The highest BCUT2D eigenvalue weighted by Gasteiger charge is 2.07. The van der Waals surface area contributed by atoms with Gasteiger partial charge in [-0.15, -0.1) is 0 Å². The number of hydrogen-bond acceptors (Lipinski definition) is 3. The van der Waals surface area contributed by atoms with Crippen LogP contribution in [-0.2, 0) is 6.42 Å². The number of pyridine rings is 1. The van der Waals surface area contributed by atoms with Gasteiger partial charge in [-0.1, -0.05) is 13.8 Å². The van der Waals surface area contributed by atoms with Crippen LogP contribution in [0.25, 0.3) is 0 Å². The molecule has 0 saturated carbocycles. The Morgan fingerprint density at radius 3 is 2.59 bits per heavy atom. The van der Waals surface area contributed by atoms with Gasteiger partial charge in [-0.2, -0.15) is 5.26 Å². The minimum atomic E-state index is 0.614. The summed E-state index contributed by atoms with van der Waals surface area (Å²) in [5, 5.41) is 8.65. The minimum absolute atomic E-state index is 0.614. The zero-order valence-electron chi connectivity index (χ0n) is 10.8. The second-order valence-electron chi connectivity index (χ2n) is 4.71. The van der Waals surface area contributed by atoms with E-state index < -0.39 is 0 Å². The molecule has 0 fully saturated rings. The Morgan fingerprint density at radius 1 is 1.29 bits per heavy atom. The Hall–Kier alpha value is -1.40. The Kier molecular flexibility index (Phi) is 6.27. The largest absolute Gasteiger partial charge is 0.302 e. The smallest absolute Gasteiger partial charge is 0.0635 e. The molecule has 3 heteroatoms. The third kappa shape index (κ3) is 6.03. The fourth-order valence-corrected chi connectivity index (χ4v) is 1.86. The maximum Gasteiger partial charge on any atom is 0.0635 e. The molecule has 0 aliphatic carbocycles. The summed E-state index contributed by atoms with van der Waals surface area (Å²) in [4.78, 5) is 6.38. The lowest BCUT2D eigenvalue weighted by molar-refractivity contribution is 0.252. The van der Waals surface area contributed by atoms with Crippen molar-refractivity contribution >= 4 is 0 Å². The normalized spacial score (nSPS) is 10.8. The quantitative estimate of drug-likeness (QED) is 0.724. The molecule has 1 rings (SSSR count). The van der Waals surface area contributed by atoms with E-state index >= 15 is 0 Å². The average molecular weight is 231 g/mol. The average Bonchev–Trinajstić information content (AvgIpc) is 2.33. The zero-order chi connectivity index (χ0) is 12.5. The van der Waals surface area contributed by atoms with Crippen LogP contribution in [0.4, 0.5) is 0 Å². The van der Waals surface area contributed by atoms with Crippen LogP contribution in [0.3, 0.4) is 0 Å². The standard InChI is InChI=1S/C14H21N3/c1-13(2)12-17(10-3-7-15)11-6-14-4-8-16-9-5-14/h4-5,8-9,13H,3,6,10-12H2,1-2H3. The molecule has 0 amide bonds. The Labute approximate surface area is 104 Å². The fraction of sp³-hybridized carbons (Fsp3) is 0.571. The molecule has 1 heterocycles. The van der Waals surface area contributed by atoms with Crippen LogP contribution < -0.4 is 0 Å². The van der Waals surface area contributed by atoms with Crippen molar-refractivity contribution in [3.63, 3.8) is 0 Å². The van der Waals surface area contributed by atoms with Crippen LogP contribution >= 0.6 is 0 Å². The highest BCUT2D eigenvalue weighted by molar-refractivity contribution is 5.09.